The van der Waals surface area contributed by atoms with Crippen LogP contribution in [0, 0.1) is 0 Å². The van der Waals surface area contributed by atoms with E-state index in [0.717, 1.165) is 4.13 Å². The van der Waals surface area contributed by atoms with Crippen molar-refractivity contribution in [1.29, 1.82) is 0 Å². The van der Waals surface area contributed by atoms with Crippen molar-refractivity contribution in [3.8, 4) is 0 Å². The predicted octanol–water partition coefficient (Wildman–Crippen LogP) is 7.20. The zero-order valence-corrected chi connectivity index (χ0v) is 25.0. The third-order valence-corrected chi connectivity index (χ3v) is 9.35. The highest BCUT2D eigenvalue weighted by atomic mass is 32.3. The Balaban J connectivity index is 0.000000830. The minimum atomic E-state index is -6.72. The van der Waals surface area contributed by atoms with Gasteiger partial charge in [0.25, 0.3) is 0 Å². The van der Waals surface area contributed by atoms with Crippen LogP contribution in [-0.2, 0) is 33.6 Å². The van der Waals surface area contributed by atoms with E-state index in [9.17, 15) is 43.2 Å². The van der Waals surface area contributed by atoms with Crippen LogP contribution >= 0.6 is 11.8 Å². The predicted molar refractivity (Wildman–Crippen MR) is 142 cm³/mol. The molecule has 0 saturated carbocycles. The fraction of sp³-hybridized carbons (Fsp3) is 0.870. The maximum absolute atomic E-state index is 11.4. The Hall–Kier alpha value is -1.00. The average molecular weight is 634 g/mol. The first kappa shape index (κ1) is 38.0. The van der Waals surface area contributed by atoms with Gasteiger partial charge in [0.1, 0.15) is 12.4 Å². The number of unbranched alkanes of at least 4 members (excludes halogenated alkanes) is 11. The Morgan fingerprint density at radius 3 is 1.51 bits per heavy atom. The van der Waals surface area contributed by atoms with Gasteiger partial charge in [-0.3, -0.25) is 0 Å². The molecule has 0 bridgehead atoms. The molecular formula is C23H41F6N3O4S3. The minimum Gasteiger partial charge on any atom is -0.421 e. The van der Waals surface area contributed by atoms with Gasteiger partial charge in [0.05, 0.1) is 13.6 Å². The molecule has 1 aromatic rings. The standard InChI is InChI=1S/C21H41N2S.C2F6NO4S2/c1-3-4-5-6-8-11-14-19-24-20-15-12-9-7-10-13-16-23-18-17-22(2)21-23;3-1(4,5)14(10,11)9-15(12,13)2(6,7)8/h17-18,21H,3-16,19-20H2,1-2H3;/q+1;-1. The van der Waals surface area contributed by atoms with E-state index in [-0.39, 0.29) is 0 Å². The van der Waals surface area contributed by atoms with E-state index in [1.54, 1.807) is 0 Å². The summed E-state index contributed by atoms with van der Waals surface area (Å²) in [6.07, 6.45) is 24.9. The van der Waals surface area contributed by atoms with Gasteiger partial charge in [0, 0.05) is 0 Å². The summed E-state index contributed by atoms with van der Waals surface area (Å²) < 4.78 is 114. The van der Waals surface area contributed by atoms with Crippen LogP contribution in [0.25, 0.3) is 4.13 Å². The molecule has 0 radical (unpaired) electrons. The van der Waals surface area contributed by atoms with Gasteiger partial charge in [0.15, 0.2) is 20.0 Å². The lowest BCUT2D eigenvalue weighted by molar-refractivity contribution is -0.671. The number of rotatable bonds is 19. The Labute approximate surface area is 233 Å². The second-order valence-corrected chi connectivity index (χ2v) is 13.7. The molecule has 0 fully saturated rings. The third-order valence-electron chi connectivity index (χ3n) is 5.45. The van der Waals surface area contributed by atoms with E-state index < -0.39 is 31.1 Å². The van der Waals surface area contributed by atoms with Crippen molar-refractivity contribution in [1.82, 2.24) is 4.57 Å². The summed E-state index contributed by atoms with van der Waals surface area (Å²) >= 11 is 2.18. The molecule has 0 aliphatic carbocycles. The SMILES string of the molecule is CCCCCCCCCSCCCCCCCCn1cc[n+](C)c1.O=S(=O)([N-]S(=O)(=O)C(F)(F)F)C(F)(F)F. The smallest absolute Gasteiger partial charge is 0.421 e. The third kappa shape index (κ3) is 18.1. The van der Waals surface area contributed by atoms with Gasteiger partial charge in [0.2, 0.25) is 6.33 Å². The van der Waals surface area contributed by atoms with E-state index in [1.807, 2.05) is 0 Å². The molecule has 0 spiro atoms. The fourth-order valence-electron chi connectivity index (χ4n) is 3.32. The molecule has 7 nitrogen and oxygen atoms in total. The van der Waals surface area contributed by atoms with Crippen molar-refractivity contribution in [3.05, 3.63) is 22.8 Å². The number of halogens is 6. The number of sulfonamides is 2. The highest BCUT2D eigenvalue weighted by Gasteiger charge is 2.46. The van der Waals surface area contributed by atoms with Crippen LogP contribution in [0.5, 0.6) is 0 Å². The van der Waals surface area contributed by atoms with Gasteiger partial charge in [-0.15, -0.1) is 0 Å². The summed E-state index contributed by atoms with van der Waals surface area (Å²) in [4.78, 5) is 0. The molecule has 0 N–H and O–H groups in total. The van der Waals surface area contributed by atoms with Gasteiger partial charge < -0.3 is 4.13 Å². The van der Waals surface area contributed by atoms with E-state index >= 15 is 0 Å². The van der Waals surface area contributed by atoms with Crippen LogP contribution in [-0.4, -0.2) is 43.9 Å². The zero-order valence-electron chi connectivity index (χ0n) is 22.5. The van der Waals surface area contributed by atoms with E-state index in [1.165, 1.54) is 102 Å². The number of nitrogens with zero attached hydrogens (tertiary/aromatic N) is 3. The van der Waals surface area contributed by atoms with Gasteiger partial charge >= 0.3 is 11.0 Å². The molecule has 0 aliphatic heterocycles. The largest absolute Gasteiger partial charge is 0.480 e. The Bertz CT molecular complexity index is 940. The van der Waals surface area contributed by atoms with Crippen LogP contribution in [0.3, 0.4) is 0 Å². The molecule has 1 heterocycles. The molecule has 0 unspecified atom stereocenters. The number of imidazole rings is 1. The quantitative estimate of drug-likeness (QED) is 0.0913. The molecule has 0 aromatic carbocycles. The first-order chi connectivity index (χ1) is 18.0. The number of alkyl halides is 6. The topological polar surface area (TPSA) is 91.2 Å². The number of hydrogen-bond donors (Lipinski definition) is 0. The Kier molecular flexibility index (Phi) is 18.7. The summed E-state index contributed by atoms with van der Waals surface area (Å²) in [5.74, 6) is 2.78. The van der Waals surface area contributed by atoms with Gasteiger partial charge in [-0.1, -0.05) is 64.7 Å². The van der Waals surface area contributed by atoms with E-state index in [4.69, 9.17) is 0 Å². The van der Waals surface area contributed by atoms with Crippen molar-refractivity contribution in [2.45, 2.75) is 108 Å². The molecular weight excluding hydrogens is 592 g/mol. The van der Waals surface area contributed by atoms with Crippen molar-refractivity contribution < 1.29 is 47.7 Å². The van der Waals surface area contributed by atoms with Crippen LogP contribution in [0.2, 0.25) is 0 Å². The van der Waals surface area contributed by atoms with Crippen molar-refractivity contribution in [2.24, 2.45) is 7.05 Å². The average Bonchev–Trinajstić information content (AvgIpc) is 3.22. The normalized spacial score (nSPS) is 12.8. The molecule has 1 rings (SSSR count). The van der Waals surface area contributed by atoms with Crippen LogP contribution in [0.15, 0.2) is 18.7 Å². The fourth-order valence-corrected chi connectivity index (χ4v) is 6.05. The van der Waals surface area contributed by atoms with Crippen LogP contribution < -0.4 is 4.57 Å². The molecule has 232 valence electrons. The summed E-state index contributed by atoms with van der Waals surface area (Å²) in [6.45, 7) is 3.47. The number of aryl methyl sites for hydroxylation is 2. The number of thioether (sulfide) groups is 1. The van der Waals surface area contributed by atoms with E-state index in [2.05, 4.69) is 53.6 Å². The summed E-state index contributed by atoms with van der Waals surface area (Å²) in [5, 5.41) is 0. The van der Waals surface area contributed by atoms with Crippen LogP contribution in [0.1, 0.15) is 90.4 Å². The van der Waals surface area contributed by atoms with Gasteiger partial charge in [-0.05, 0) is 37.2 Å². The molecule has 0 amide bonds. The molecule has 0 aliphatic rings. The molecule has 0 saturated heterocycles. The molecule has 16 heteroatoms. The highest BCUT2D eigenvalue weighted by molar-refractivity contribution is 8.13. The monoisotopic (exact) mass is 633 g/mol. The van der Waals surface area contributed by atoms with Crippen molar-refractivity contribution in [2.75, 3.05) is 11.5 Å². The lowest BCUT2D eigenvalue weighted by atomic mass is 10.1. The summed E-state index contributed by atoms with van der Waals surface area (Å²) in [5.41, 5.74) is -12.4. The van der Waals surface area contributed by atoms with Gasteiger partial charge in [-0.25, -0.2) is 26.0 Å². The van der Waals surface area contributed by atoms with Crippen molar-refractivity contribution >= 4 is 31.8 Å². The lowest BCUT2D eigenvalue weighted by Gasteiger charge is -2.22. The minimum absolute atomic E-state index is 0.778. The Morgan fingerprint density at radius 1 is 0.718 bits per heavy atom. The summed E-state index contributed by atoms with van der Waals surface area (Å²) in [6, 6.07) is 0. The van der Waals surface area contributed by atoms with E-state index in [0.29, 0.717) is 0 Å². The summed E-state index contributed by atoms with van der Waals surface area (Å²) in [7, 11) is -11.4. The maximum Gasteiger partial charge on any atom is 0.480 e. The van der Waals surface area contributed by atoms with Gasteiger partial charge in [-0.2, -0.15) is 38.1 Å². The molecule has 39 heavy (non-hydrogen) atoms. The highest BCUT2D eigenvalue weighted by Crippen LogP contribution is 2.36. The maximum atomic E-state index is 11.4. The van der Waals surface area contributed by atoms with Crippen molar-refractivity contribution in [3.63, 3.8) is 0 Å². The van der Waals surface area contributed by atoms with Crippen LogP contribution in [0.4, 0.5) is 26.3 Å². The second-order valence-electron chi connectivity index (χ2n) is 9.09. The number of aromatic nitrogens is 2. The lowest BCUT2D eigenvalue weighted by Crippen LogP contribution is -2.30. The Morgan fingerprint density at radius 2 is 1.13 bits per heavy atom. The number of hydrogen-bond acceptors (Lipinski definition) is 5. The first-order valence-corrected chi connectivity index (χ1v) is 17.0. The second kappa shape index (κ2) is 19.2. The zero-order chi connectivity index (χ0) is 30.0. The first-order valence-electron chi connectivity index (χ1n) is 13.0. The molecule has 1 aromatic heterocycles. The molecule has 0 atom stereocenters.